The highest BCUT2D eigenvalue weighted by Gasteiger charge is 2.14. The molecule has 0 aliphatic heterocycles. The Kier molecular flexibility index (Phi) is 14.4. The van der Waals surface area contributed by atoms with Crippen LogP contribution < -0.4 is 9.13 Å². The number of benzene rings is 5. The Morgan fingerprint density at radius 1 is 0.509 bits per heavy atom. The van der Waals surface area contributed by atoms with Crippen LogP contribution in [-0.4, -0.2) is 49.1 Å². The van der Waals surface area contributed by atoms with E-state index in [1.807, 2.05) is 107 Å². The standard InChI is InChI=1S/C24H22N6.C10H8N6.C7H7Br.C2H3N/c1-3-8-21(9-4-1)15-27-17-25-29(19-27)23-12-7-13-24(14-23)30-20-28(18-26-30)16-22-10-5-2-6-11-22;1-2-9(15-7-11-5-13-15)4-10(3-1)16-8-12-6-14-16;8-6-7-4-2-1-3-5-7;1-2-3/h1-14,17-20H,15-16H2;1-8H;1-5H,6H2;1H3/q+2;;;. The van der Waals surface area contributed by atoms with Gasteiger partial charge in [-0.25, -0.2) is 28.5 Å². The molecule has 57 heavy (non-hydrogen) atoms. The molecule has 0 N–H and O–H groups in total. The van der Waals surface area contributed by atoms with Crippen molar-refractivity contribution in [2.24, 2.45) is 0 Å². The fourth-order valence-corrected chi connectivity index (χ4v) is 5.84. The summed E-state index contributed by atoms with van der Waals surface area (Å²) in [5.74, 6) is 0. The van der Waals surface area contributed by atoms with E-state index in [0.29, 0.717) is 0 Å². The summed E-state index contributed by atoms with van der Waals surface area (Å²) in [7, 11) is 0. The molecule has 5 aromatic carbocycles. The third-order valence-electron chi connectivity index (χ3n) is 8.13. The van der Waals surface area contributed by atoms with Crippen molar-refractivity contribution in [1.29, 1.82) is 5.26 Å². The predicted octanol–water partition coefficient (Wildman–Crippen LogP) is 6.69. The van der Waals surface area contributed by atoms with Crippen LogP contribution in [0, 0.1) is 11.3 Å². The molecule has 4 aromatic heterocycles. The first kappa shape index (κ1) is 39.3. The molecule has 0 aliphatic carbocycles. The van der Waals surface area contributed by atoms with Crippen molar-refractivity contribution in [2.45, 2.75) is 25.3 Å². The molecule has 0 fully saturated rings. The van der Waals surface area contributed by atoms with Crippen LogP contribution in [0.5, 0.6) is 0 Å². The summed E-state index contributed by atoms with van der Waals surface area (Å²) in [4.78, 5) is 7.82. The van der Waals surface area contributed by atoms with Gasteiger partial charge in [-0.1, -0.05) is 128 Å². The average molecular weight is 819 g/mol. The third-order valence-corrected chi connectivity index (χ3v) is 8.78. The van der Waals surface area contributed by atoms with E-state index in [-0.39, 0.29) is 0 Å². The summed E-state index contributed by atoms with van der Waals surface area (Å²) in [5.41, 5.74) is 7.67. The fourth-order valence-electron chi connectivity index (χ4n) is 5.47. The number of rotatable bonds is 9. The Balaban J connectivity index is 0.000000168. The van der Waals surface area contributed by atoms with Gasteiger partial charge < -0.3 is 0 Å². The molecular formula is C43H40BrN13+2. The maximum atomic E-state index is 7.32. The van der Waals surface area contributed by atoms with Gasteiger partial charge in [0.25, 0.3) is 12.7 Å². The Morgan fingerprint density at radius 3 is 1.21 bits per heavy atom. The van der Waals surface area contributed by atoms with Crippen LogP contribution in [0.3, 0.4) is 0 Å². The van der Waals surface area contributed by atoms with E-state index in [1.54, 1.807) is 28.1 Å². The highest BCUT2D eigenvalue weighted by molar-refractivity contribution is 9.08. The molecule has 14 heteroatoms. The highest BCUT2D eigenvalue weighted by atomic mass is 79.9. The molecule has 0 radical (unpaired) electrons. The normalized spacial score (nSPS) is 10.1. The summed E-state index contributed by atoms with van der Waals surface area (Å²) >= 11 is 3.36. The largest absolute Gasteiger partial charge is 0.265 e. The van der Waals surface area contributed by atoms with Crippen molar-refractivity contribution in [1.82, 2.24) is 49.1 Å². The lowest BCUT2D eigenvalue weighted by atomic mass is 10.2. The first-order valence-electron chi connectivity index (χ1n) is 17.9. The van der Waals surface area contributed by atoms with Gasteiger partial charge in [-0.2, -0.15) is 15.5 Å². The Labute approximate surface area is 339 Å². The molecule has 4 heterocycles. The smallest absolute Gasteiger partial charge is 0.233 e. The summed E-state index contributed by atoms with van der Waals surface area (Å²) in [5, 5.41) is 25.5. The number of halogens is 1. The van der Waals surface area contributed by atoms with Gasteiger partial charge in [0.05, 0.1) is 30.5 Å². The summed E-state index contributed by atoms with van der Waals surface area (Å²) < 4.78 is 11.3. The number of nitrogens with zero attached hydrogens (tertiary/aromatic N) is 13. The maximum absolute atomic E-state index is 7.32. The van der Waals surface area contributed by atoms with E-state index in [1.165, 1.54) is 36.3 Å². The minimum absolute atomic E-state index is 0.791. The molecule has 0 unspecified atom stereocenters. The van der Waals surface area contributed by atoms with E-state index in [9.17, 15) is 0 Å². The van der Waals surface area contributed by atoms with Crippen LogP contribution in [0.4, 0.5) is 0 Å². The second kappa shape index (κ2) is 20.9. The molecule has 0 amide bonds. The first-order chi connectivity index (χ1) is 28.1. The second-order valence-corrected chi connectivity index (χ2v) is 12.8. The van der Waals surface area contributed by atoms with Crippen LogP contribution in [0.25, 0.3) is 22.7 Å². The van der Waals surface area contributed by atoms with Crippen LogP contribution in [0.1, 0.15) is 23.6 Å². The lowest BCUT2D eigenvalue weighted by molar-refractivity contribution is -0.688. The fraction of sp³-hybridized carbons (Fsp3) is 0.0930. The molecule has 282 valence electrons. The predicted molar refractivity (Wildman–Crippen MR) is 219 cm³/mol. The zero-order valence-corrected chi connectivity index (χ0v) is 32.8. The van der Waals surface area contributed by atoms with Gasteiger partial charge in [-0.3, -0.25) is 0 Å². The molecule has 13 nitrogen and oxygen atoms in total. The molecule has 0 saturated carbocycles. The molecule has 9 rings (SSSR count). The van der Waals surface area contributed by atoms with E-state index >= 15 is 0 Å². The minimum atomic E-state index is 0.791. The zero-order chi connectivity index (χ0) is 39.5. The van der Waals surface area contributed by atoms with E-state index in [2.05, 4.69) is 122 Å². The van der Waals surface area contributed by atoms with Crippen molar-refractivity contribution < 1.29 is 9.13 Å². The first-order valence-corrected chi connectivity index (χ1v) is 19.0. The number of alkyl halides is 1. The maximum Gasteiger partial charge on any atom is 0.265 e. The summed E-state index contributed by atoms with van der Waals surface area (Å²) in [6.45, 7) is 3.01. The van der Waals surface area contributed by atoms with Gasteiger partial charge in [0.1, 0.15) is 36.7 Å². The third kappa shape index (κ3) is 11.8. The monoisotopic (exact) mass is 817 g/mol. The molecule has 0 atom stereocenters. The van der Waals surface area contributed by atoms with Gasteiger partial charge in [0, 0.05) is 28.5 Å². The van der Waals surface area contributed by atoms with Crippen LogP contribution in [0.2, 0.25) is 0 Å². The molecule has 9 aromatic rings. The SMILES string of the molecule is BrCc1ccccc1.CC#N.c1cc(-n2cncn2)cc(-n2cncn2)c1.c1ccc(C[n+]2cnn(-c3cccc(-n4c[n+](Cc5ccccc5)cn4)c3)c2)cc1. The van der Waals surface area contributed by atoms with Crippen LogP contribution >= 0.6 is 15.9 Å². The van der Waals surface area contributed by atoms with Crippen molar-refractivity contribution in [3.05, 3.63) is 207 Å². The lowest BCUT2D eigenvalue weighted by Crippen LogP contribution is -2.31. The van der Waals surface area contributed by atoms with E-state index in [4.69, 9.17) is 5.26 Å². The van der Waals surface area contributed by atoms with Gasteiger partial charge in [0.15, 0.2) is 0 Å². The summed E-state index contributed by atoms with van der Waals surface area (Å²) in [6.07, 6.45) is 14.0. The van der Waals surface area contributed by atoms with Gasteiger partial charge in [0.2, 0.25) is 12.7 Å². The van der Waals surface area contributed by atoms with Crippen molar-refractivity contribution >= 4 is 15.9 Å². The quantitative estimate of drug-likeness (QED) is 0.117. The minimum Gasteiger partial charge on any atom is -0.233 e. The molecule has 0 aliphatic rings. The lowest BCUT2D eigenvalue weighted by Gasteiger charge is -2.03. The van der Waals surface area contributed by atoms with Gasteiger partial charge >= 0.3 is 0 Å². The van der Waals surface area contributed by atoms with E-state index < -0.39 is 0 Å². The number of nitriles is 1. The molecular weight excluding hydrogens is 778 g/mol. The number of hydrogen-bond acceptors (Lipinski definition) is 7. The van der Waals surface area contributed by atoms with Gasteiger partial charge in [-0.05, 0) is 47.0 Å². The molecule has 0 bridgehead atoms. The highest BCUT2D eigenvalue weighted by Crippen LogP contribution is 2.13. The van der Waals surface area contributed by atoms with Crippen molar-refractivity contribution in [3.8, 4) is 28.8 Å². The molecule has 0 spiro atoms. The Hall–Kier alpha value is -7.37. The zero-order valence-electron chi connectivity index (χ0n) is 31.2. The average Bonchev–Trinajstić information content (AvgIpc) is 4.13. The Bertz CT molecular complexity index is 2380. The second-order valence-electron chi connectivity index (χ2n) is 12.3. The number of aromatic nitrogens is 12. The summed E-state index contributed by atoms with van der Waals surface area (Å²) in [6, 6.07) is 48.8. The van der Waals surface area contributed by atoms with Crippen molar-refractivity contribution in [3.63, 3.8) is 0 Å². The van der Waals surface area contributed by atoms with Crippen LogP contribution in [0.15, 0.2) is 190 Å². The van der Waals surface area contributed by atoms with Crippen LogP contribution in [-0.2, 0) is 18.4 Å². The van der Waals surface area contributed by atoms with Gasteiger partial charge in [-0.15, -0.1) is 0 Å². The van der Waals surface area contributed by atoms with E-state index in [0.717, 1.165) is 41.2 Å². The topological polar surface area (TPSA) is 129 Å². The number of hydrogen-bond donors (Lipinski definition) is 0. The molecule has 0 saturated heterocycles. The van der Waals surface area contributed by atoms with Crippen molar-refractivity contribution in [2.75, 3.05) is 0 Å². The Morgan fingerprint density at radius 2 is 0.877 bits per heavy atom.